The Bertz CT molecular complexity index is 549. The van der Waals surface area contributed by atoms with E-state index in [1.165, 1.54) is 0 Å². The lowest BCUT2D eigenvalue weighted by Crippen LogP contribution is -2.15. The normalized spacial score (nSPS) is 12.3. The molecule has 4 heteroatoms. The van der Waals surface area contributed by atoms with Crippen molar-refractivity contribution in [3.05, 3.63) is 48.0 Å². The Balaban J connectivity index is 2.22. The first-order valence-electron chi connectivity index (χ1n) is 5.57. The number of benzene rings is 2. The summed E-state index contributed by atoms with van der Waals surface area (Å²) in [5.41, 5.74) is 0.548. The van der Waals surface area contributed by atoms with Gasteiger partial charge in [-0.2, -0.15) is 0 Å². The molecule has 18 heavy (non-hydrogen) atoms. The predicted octanol–water partition coefficient (Wildman–Crippen LogP) is 3.84. The number of hydrogen-bond donors (Lipinski definition) is 0. The van der Waals surface area contributed by atoms with Crippen LogP contribution in [-0.4, -0.2) is 23.8 Å². The van der Waals surface area contributed by atoms with E-state index in [1.54, 1.807) is 6.07 Å². The Morgan fingerprint density at radius 2 is 1.89 bits per heavy atom. The second-order valence-electron chi connectivity index (χ2n) is 3.88. The van der Waals surface area contributed by atoms with Crippen molar-refractivity contribution < 1.29 is 9.53 Å². The summed E-state index contributed by atoms with van der Waals surface area (Å²) in [6.45, 7) is 0.118. The number of esters is 1. The molecule has 0 heterocycles. The van der Waals surface area contributed by atoms with Gasteiger partial charge in [0.15, 0.2) is 0 Å². The molecule has 0 aliphatic carbocycles. The van der Waals surface area contributed by atoms with Crippen molar-refractivity contribution in [3.8, 4) is 0 Å². The third kappa shape index (κ3) is 2.95. The van der Waals surface area contributed by atoms with Crippen molar-refractivity contribution in [2.24, 2.45) is 0 Å². The van der Waals surface area contributed by atoms with Crippen molar-refractivity contribution in [2.75, 3.05) is 12.5 Å². The molecule has 2 rings (SSSR count). The average Bonchev–Trinajstić information content (AvgIpc) is 2.43. The first-order chi connectivity index (χ1) is 8.72. The fourth-order valence-electron chi connectivity index (χ4n) is 1.69. The number of halogens is 2. The van der Waals surface area contributed by atoms with Crippen LogP contribution in [0, 0.1) is 0 Å². The van der Waals surface area contributed by atoms with Crippen LogP contribution in [0.5, 0.6) is 0 Å². The predicted molar refractivity (Wildman–Crippen MR) is 74.6 cm³/mol. The van der Waals surface area contributed by atoms with Crippen LogP contribution in [0.25, 0.3) is 10.8 Å². The molecule has 2 aromatic rings. The highest BCUT2D eigenvalue weighted by Crippen LogP contribution is 2.19. The topological polar surface area (TPSA) is 26.3 Å². The van der Waals surface area contributed by atoms with Gasteiger partial charge in [0.2, 0.25) is 0 Å². The molecule has 0 N–H and O–H groups in total. The van der Waals surface area contributed by atoms with Crippen molar-refractivity contribution >= 4 is 39.9 Å². The van der Waals surface area contributed by atoms with E-state index in [1.807, 2.05) is 36.4 Å². The minimum atomic E-state index is -0.373. The van der Waals surface area contributed by atoms with Gasteiger partial charge in [0.05, 0.1) is 10.9 Å². The van der Waals surface area contributed by atoms with Gasteiger partial charge in [-0.05, 0) is 16.8 Å². The van der Waals surface area contributed by atoms with E-state index in [0.717, 1.165) is 10.8 Å². The minimum Gasteiger partial charge on any atom is -0.460 e. The SMILES string of the molecule is O=C(OCC(Cl)CCl)c1cccc2ccccc12. The highest BCUT2D eigenvalue weighted by molar-refractivity contribution is 6.28. The monoisotopic (exact) mass is 282 g/mol. The van der Waals surface area contributed by atoms with E-state index in [9.17, 15) is 4.79 Å². The fraction of sp³-hybridized carbons (Fsp3) is 0.214. The first kappa shape index (κ1) is 13.2. The van der Waals surface area contributed by atoms with E-state index in [2.05, 4.69) is 0 Å². The number of carbonyl (C=O) groups excluding carboxylic acids is 1. The lowest BCUT2D eigenvalue weighted by atomic mass is 10.1. The average molecular weight is 283 g/mol. The van der Waals surface area contributed by atoms with Crippen molar-refractivity contribution in [1.82, 2.24) is 0 Å². The van der Waals surface area contributed by atoms with Crippen LogP contribution < -0.4 is 0 Å². The van der Waals surface area contributed by atoms with E-state index >= 15 is 0 Å². The van der Waals surface area contributed by atoms with E-state index in [4.69, 9.17) is 27.9 Å². The molecule has 0 bridgehead atoms. The molecule has 2 nitrogen and oxygen atoms in total. The van der Waals surface area contributed by atoms with E-state index < -0.39 is 0 Å². The van der Waals surface area contributed by atoms with E-state index in [-0.39, 0.29) is 23.8 Å². The zero-order valence-corrected chi connectivity index (χ0v) is 11.1. The standard InChI is InChI=1S/C14H12Cl2O2/c15-8-11(16)9-18-14(17)13-7-3-5-10-4-1-2-6-12(10)13/h1-7,11H,8-9H2. The van der Waals surface area contributed by atoms with Crippen LogP contribution in [0.15, 0.2) is 42.5 Å². The van der Waals surface area contributed by atoms with Gasteiger partial charge in [-0.25, -0.2) is 4.79 Å². The molecule has 0 aliphatic heterocycles. The van der Waals surface area contributed by atoms with Gasteiger partial charge in [-0.3, -0.25) is 0 Å². The minimum absolute atomic E-state index is 0.118. The number of carbonyl (C=O) groups is 1. The number of hydrogen-bond acceptors (Lipinski definition) is 2. The summed E-state index contributed by atoms with van der Waals surface area (Å²) in [4.78, 5) is 12.0. The highest BCUT2D eigenvalue weighted by atomic mass is 35.5. The zero-order chi connectivity index (χ0) is 13.0. The summed E-state index contributed by atoms with van der Waals surface area (Å²) in [5, 5.41) is 1.53. The molecule has 94 valence electrons. The largest absolute Gasteiger partial charge is 0.460 e. The zero-order valence-electron chi connectivity index (χ0n) is 9.61. The number of fused-ring (bicyclic) bond motifs is 1. The third-order valence-electron chi connectivity index (χ3n) is 2.57. The van der Waals surface area contributed by atoms with Crippen LogP contribution in [-0.2, 0) is 4.74 Å². The summed E-state index contributed by atoms with van der Waals surface area (Å²) in [6.07, 6.45) is 0. The molecule has 0 spiro atoms. The lowest BCUT2D eigenvalue weighted by Gasteiger charge is -2.09. The van der Waals surface area contributed by atoms with Crippen molar-refractivity contribution in [1.29, 1.82) is 0 Å². The molecule has 0 saturated heterocycles. The maximum Gasteiger partial charge on any atom is 0.338 e. The molecular formula is C14H12Cl2O2. The van der Waals surface area contributed by atoms with Crippen LogP contribution in [0.1, 0.15) is 10.4 Å². The molecule has 0 fully saturated rings. The summed E-state index contributed by atoms with van der Waals surface area (Å²) in [6, 6.07) is 13.2. The smallest absolute Gasteiger partial charge is 0.338 e. The van der Waals surface area contributed by atoms with E-state index in [0.29, 0.717) is 5.56 Å². The van der Waals surface area contributed by atoms with Gasteiger partial charge in [0.1, 0.15) is 6.61 Å². The quantitative estimate of drug-likeness (QED) is 0.629. The molecule has 1 atom stereocenters. The number of alkyl halides is 2. The molecule has 0 aromatic heterocycles. The molecular weight excluding hydrogens is 271 g/mol. The Labute approximate surface area is 115 Å². The van der Waals surface area contributed by atoms with Gasteiger partial charge >= 0.3 is 5.97 Å². The van der Waals surface area contributed by atoms with Gasteiger partial charge in [0, 0.05) is 5.88 Å². The van der Waals surface area contributed by atoms with Gasteiger partial charge in [-0.15, -0.1) is 23.2 Å². The summed E-state index contributed by atoms with van der Waals surface area (Å²) in [5.74, 6) is -0.118. The number of rotatable bonds is 4. The summed E-state index contributed by atoms with van der Waals surface area (Å²) < 4.78 is 5.13. The van der Waals surface area contributed by atoms with Crippen molar-refractivity contribution in [3.63, 3.8) is 0 Å². The maximum absolute atomic E-state index is 12.0. The van der Waals surface area contributed by atoms with Crippen LogP contribution in [0.2, 0.25) is 0 Å². The van der Waals surface area contributed by atoms with Gasteiger partial charge < -0.3 is 4.74 Å². The molecule has 0 aliphatic rings. The molecule has 0 radical (unpaired) electrons. The lowest BCUT2D eigenvalue weighted by molar-refractivity contribution is 0.0511. The maximum atomic E-state index is 12.0. The molecule has 0 saturated carbocycles. The molecule has 2 aromatic carbocycles. The molecule has 0 amide bonds. The highest BCUT2D eigenvalue weighted by Gasteiger charge is 2.13. The first-order valence-corrected chi connectivity index (χ1v) is 6.54. The Morgan fingerprint density at radius 3 is 2.67 bits per heavy atom. The Morgan fingerprint density at radius 1 is 1.17 bits per heavy atom. The summed E-state index contributed by atoms with van der Waals surface area (Å²) >= 11 is 11.4. The summed E-state index contributed by atoms with van der Waals surface area (Å²) in [7, 11) is 0. The molecule has 1 unspecified atom stereocenters. The van der Waals surface area contributed by atoms with Gasteiger partial charge in [0.25, 0.3) is 0 Å². The van der Waals surface area contributed by atoms with Crippen LogP contribution in [0.4, 0.5) is 0 Å². The second kappa shape index (κ2) is 6.07. The Hall–Kier alpha value is -1.25. The second-order valence-corrected chi connectivity index (χ2v) is 4.80. The van der Waals surface area contributed by atoms with Crippen molar-refractivity contribution in [2.45, 2.75) is 5.38 Å². The fourth-order valence-corrected chi connectivity index (χ4v) is 1.84. The number of ether oxygens (including phenoxy) is 1. The Kier molecular flexibility index (Phi) is 4.45. The van der Waals surface area contributed by atoms with Crippen LogP contribution in [0.3, 0.4) is 0 Å². The van der Waals surface area contributed by atoms with Gasteiger partial charge in [-0.1, -0.05) is 36.4 Å². The third-order valence-corrected chi connectivity index (χ3v) is 3.38. The van der Waals surface area contributed by atoms with Crippen LogP contribution >= 0.6 is 23.2 Å².